The smallest absolute Gasteiger partial charge is 0.326 e. The van der Waals surface area contributed by atoms with Crippen LogP contribution in [0.1, 0.15) is 26.1 Å². The number of halogens is 12. The Hall–Kier alpha value is -2.61. The number of benzene rings is 3. The number of anilines is 3. The summed E-state index contributed by atoms with van der Waals surface area (Å²) in [7, 11) is 0. The molecule has 2 atom stereocenters. The normalized spacial score (nSPS) is 17.3. The molecule has 234 valence electrons. The molecule has 1 aliphatic rings. The molecule has 18 heteroatoms. The summed E-state index contributed by atoms with van der Waals surface area (Å²) < 4.78 is 79.7. The third-order valence-corrected chi connectivity index (χ3v) is 8.60. The lowest BCUT2D eigenvalue weighted by Gasteiger charge is -2.14. The molecule has 4 rings (SSSR count). The van der Waals surface area contributed by atoms with Crippen molar-refractivity contribution in [3.8, 4) is 0 Å². The zero-order valence-corrected chi connectivity index (χ0v) is 24.9. The van der Waals surface area contributed by atoms with Crippen LogP contribution in [-0.2, 0) is 9.59 Å². The Balaban J connectivity index is 0.00000353. The number of carbonyl (C=O) groups excluding carboxylic acids is 3. The van der Waals surface area contributed by atoms with E-state index in [2.05, 4.69) is 5.32 Å². The number of rotatable bonds is 6. The molecule has 43 heavy (non-hydrogen) atoms. The van der Waals surface area contributed by atoms with Gasteiger partial charge in [0.2, 0.25) is 5.91 Å². The van der Waals surface area contributed by atoms with Gasteiger partial charge in [-0.3, -0.25) is 14.4 Å². The van der Waals surface area contributed by atoms with Crippen molar-refractivity contribution in [2.75, 3.05) is 16.0 Å². The summed E-state index contributed by atoms with van der Waals surface area (Å²) in [5.41, 5.74) is -3.14. The average Bonchev–Trinajstić information content (AvgIpc) is 3.49. The Kier molecular flexibility index (Phi) is 9.33. The van der Waals surface area contributed by atoms with Gasteiger partial charge in [0.05, 0.1) is 37.3 Å². The molecule has 3 aromatic rings. The molecule has 0 heterocycles. The first-order valence-electron chi connectivity index (χ1n) is 11.3. The van der Waals surface area contributed by atoms with Crippen molar-refractivity contribution in [2.45, 2.75) is 16.4 Å². The van der Waals surface area contributed by atoms with Gasteiger partial charge >= 0.3 is 12.1 Å². The highest BCUT2D eigenvalue weighted by atomic mass is 35.5. The van der Waals surface area contributed by atoms with Crippen LogP contribution in [0.4, 0.5) is 43.4 Å². The first-order valence-corrected chi connectivity index (χ1v) is 13.6. The number of amides is 3. The van der Waals surface area contributed by atoms with Gasteiger partial charge in [-0.2, -0.15) is 13.2 Å². The molecule has 6 nitrogen and oxygen atoms in total. The molecule has 1 fully saturated rings. The third kappa shape index (κ3) is 6.74. The maximum atomic E-state index is 14.8. The van der Waals surface area contributed by atoms with E-state index in [0.717, 1.165) is 12.1 Å². The summed E-state index contributed by atoms with van der Waals surface area (Å²) >= 11 is 36.5. The molecule has 0 aromatic heterocycles. The molecule has 3 aromatic carbocycles. The van der Waals surface area contributed by atoms with Gasteiger partial charge in [0, 0.05) is 15.9 Å². The van der Waals surface area contributed by atoms with Crippen LogP contribution in [0, 0.1) is 23.4 Å². The van der Waals surface area contributed by atoms with Crippen molar-refractivity contribution in [2.24, 2.45) is 5.92 Å². The van der Waals surface area contributed by atoms with Gasteiger partial charge in [-0.05, 0) is 42.0 Å². The highest BCUT2D eigenvalue weighted by Gasteiger charge is 2.67. The zero-order chi connectivity index (χ0) is 32.2. The highest BCUT2D eigenvalue weighted by molar-refractivity contribution is 6.54. The number of hydrogen-bond acceptors (Lipinski definition) is 3. The fourth-order valence-corrected chi connectivity index (χ4v) is 5.64. The largest absolute Gasteiger partial charge is 0.471 e. The van der Waals surface area contributed by atoms with Crippen LogP contribution in [0.5, 0.6) is 0 Å². The predicted molar refractivity (Wildman–Crippen MR) is 158 cm³/mol. The first kappa shape index (κ1) is 33.3. The minimum absolute atomic E-state index is 0. The Morgan fingerprint density at radius 3 is 2.00 bits per heavy atom. The van der Waals surface area contributed by atoms with Crippen LogP contribution in [0.3, 0.4) is 0 Å². The molecule has 3 N–H and O–H groups in total. The molecule has 0 aliphatic heterocycles. The van der Waals surface area contributed by atoms with E-state index in [1.165, 1.54) is 17.4 Å². The molecule has 0 spiro atoms. The molecular weight excluding hydrogens is 717 g/mol. The van der Waals surface area contributed by atoms with Gasteiger partial charge in [-0.25, -0.2) is 13.2 Å². The molecule has 0 bridgehead atoms. The SMILES string of the molecule is O=C(Nc1c(F)ccc(NC(=O)C(F)(F)F)c1F)c1cc(NC(=O)[C@H]2[C@H](c3cc(Cl)c(Cl)c(Cl)c3)C2(Cl)Cl)cc(F)c1Cl.[HH].[HH].[HH]. The summed E-state index contributed by atoms with van der Waals surface area (Å²) in [5.74, 6) is -11.3. The van der Waals surface area contributed by atoms with Gasteiger partial charge in [0.15, 0.2) is 5.82 Å². The second-order valence-corrected chi connectivity index (χ2v) is 11.9. The molecule has 1 saturated carbocycles. The molecule has 0 saturated heterocycles. The van der Waals surface area contributed by atoms with Crippen LogP contribution < -0.4 is 16.0 Å². The molecular formula is C25H17Cl6F6N3O3. The van der Waals surface area contributed by atoms with Gasteiger partial charge in [-0.15, -0.1) is 23.2 Å². The maximum Gasteiger partial charge on any atom is 0.471 e. The fraction of sp³-hybridized carbons (Fsp3) is 0.160. The summed E-state index contributed by atoms with van der Waals surface area (Å²) in [6.07, 6.45) is -5.40. The van der Waals surface area contributed by atoms with E-state index in [1.54, 1.807) is 5.32 Å². The Morgan fingerprint density at radius 1 is 0.814 bits per heavy atom. The van der Waals surface area contributed by atoms with Gasteiger partial charge in [-0.1, -0.05) is 46.4 Å². The van der Waals surface area contributed by atoms with Crippen molar-refractivity contribution in [1.29, 1.82) is 0 Å². The van der Waals surface area contributed by atoms with Crippen molar-refractivity contribution < 1.29 is 45.0 Å². The topological polar surface area (TPSA) is 87.3 Å². The quantitative estimate of drug-likeness (QED) is 0.134. The van der Waals surface area contributed by atoms with Gasteiger partial charge in [0.25, 0.3) is 5.91 Å². The Bertz CT molecular complexity index is 1680. The van der Waals surface area contributed by atoms with Gasteiger partial charge < -0.3 is 16.0 Å². The van der Waals surface area contributed by atoms with E-state index in [9.17, 15) is 40.7 Å². The second kappa shape index (κ2) is 12.1. The predicted octanol–water partition coefficient (Wildman–Crippen LogP) is 9.73. The van der Waals surface area contributed by atoms with E-state index in [1.807, 2.05) is 0 Å². The molecule has 0 unspecified atom stereocenters. The van der Waals surface area contributed by atoms with Crippen LogP contribution in [0.2, 0.25) is 20.1 Å². The molecule has 1 aliphatic carbocycles. The summed E-state index contributed by atoms with van der Waals surface area (Å²) in [5, 5.41) is 4.59. The summed E-state index contributed by atoms with van der Waals surface area (Å²) in [6.45, 7) is 0. The van der Waals surface area contributed by atoms with E-state index in [-0.39, 0.29) is 25.0 Å². The lowest BCUT2D eigenvalue weighted by Crippen LogP contribution is -2.30. The lowest BCUT2D eigenvalue weighted by atomic mass is 10.1. The van der Waals surface area contributed by atoms with Crippen molar-refractivity contribution in [1.82, 2.24) is 0 Å². The van der Waals surface area contributed by atoms with Crippen molar-refractivity contribution in [3.63, 3.8) is 0 Å². The van der Waals surface area contributed by atoms with Crippen LogP contribution in [0.25, 0.3) is 0 Å². The first-order chi connectivity index (χ1) is 19.8. The number of carbonyl (C=O) groups is 3. The summed E-state index contributed by atoms with van der Waals surface area (Å²) in [6, 6.07) is 5.32. The van der Waals surface area contributed by atoms with Crippen LogP contribution in [-0.4, -0.2) is 28.2 Å². The van der Waals surface area contributed by atoms with Gasteiger partial charge in [0.1, 0.15) is 21.7 Å². The second-order valence-electron chi connectivity index (χ2n) is 8.93. The third-order valence-electron chi connectivity index (χ3n) is 6.08. The number of alkyl halides is 5. The van der Waals surface area contributed by atoms with Crippen molar-refractivity contribution >= 4 is 104 Å². The average molecular weight is 734 g/mol. The standard InChI is InChI=1S/C25H11Cl6F6N3O3.3H2/c26-10-3-7(4-11(27)18(10)29)15-16(24(15,30)31)22(42)38-8-5-9(17(28)13(33)6-8)21(41)40-20-12(32)1-2-14(19(20)34)39-23(43)25(35,36)37;;;/h1-6,15-16H,(H,38,42)(H,39,43)(H,40,41);3*1H/t15-,16+;;;/m0.../s1. The van der Waals surface area contributed by atoms with Crippen LogP contribution in [0.15, 0.2) is 36.4 Å². The maximum absolute atomic E-state index is 14.8. The van der Waals surface area contributed by atoms with E-state index in [4.69, 9.17) is 69.6 Å². The Labute approximate surface area is 271 Å². The molecule has 3 amide bonds. The lowest BCUT2D eigenvalue weighted by molar-refractivity contribution is -0.167. The van der Waals surface area contributed by atoms with E-state index in [0.29, 0.717) is 17.7 Å². The summed E-state index contributed by atoms with van der Waals surface area (Å²) in [4.78, 5) is 37.0. The number of hydrogen-bond donors (Lipinski definition) is 3. The van der Waals surface area contributed by atoms with E-state index < -0.39 is 79.5 Å². The Morgan fingerprint density at radius 2 is 1.42 bits per heavy atom. The fourth-order valence-electron chi connectivity index (χ4n) is 4.01. The molecule has 0 radical (unpaired) electrons. The number of nitrogens with one attached hydrogen (secondary N) is 3. The van der Waals surface area contributed by atoms with Crippen LogP contribution >= 0.6 is 69.6 Å². The monoisotopic (exact) mass is 731 g/mol. The minimum Gasteiger partial charge on any atom is -0.326 e. The zero-order valence-electron chi connectivity index (χ0n) is 20.4. The minimum atomic E-state index is -5.40. The van der Waals surface area contributed by atoms with E-state index >= 15 is 0 Å². The van der Waals surface area contributed by atoms with Crippen molar-refractivity contribution in [3.05, 3.63) is 85.1 Å². The highest BCUT2D eigenvalue weighted by Crippen LogP contribution is 2.65.